The maximum absolute atomic E-state index is 13.7. The van der Waals surface area contributed by atoms with E-state index in [1.807, 2.05) is 24.3 Å². The number of carbonyl (C=O) groups is 1. The number of rotatable bonds is 2. The monoisotopic (exact) mass is 338 g/mol. The van der Waals surface area contributed by atoms with Crippen molar-refractivity contribution in [2.24, 2.45) is 0 Å². The van der Waals surface area contributed by atoms with Crippen LogP contribution in [0.3, 0.4) is 0 Å². The molecule has 1 fully saturated rings. The Balaban J connectivity index is 1.45. The zero-order valence-corrected chi connectivity index (χ0v) is 14.0. The van der Waals surface area contributed by atoms with Crippen molar-refractivity contribution in [3.05, 3.63) is 65.3 Å². The predicted octanol–water partition coefficient (Wildman–Crippen LogP) is 4.30. The van der Waals surface area contributed by atoms with Crippen LogP contribution in [0, 0.1) is 12.7 Å². The molecule has 0 radical (unpaired) electrons. The summed E-state index contributed by atoms with van der Waals surface area (Å²) in [6.07, 6.45) is 1.60. The minimum atomic E-state index is -0.341. The normalized spacial score (nSPS) is 15.7. The molecule has 5 heteroatoms. The third-order valence-electron chi connectivity index (χ3n) is 4.86. The van der Waals surface area contributed by atoms with Crippen molar-refractivity contribution >= 4 is 17.0 Å². The van der Waals surface area contributed by atoms with Gasteiger partial charge in [0.05, 0.1) is 0 Å². The molecule has 1 aliphatic rings. The molecule has 25 heavy (non-hydrogen) atoms. The Morgan fingerprint density at radius 3 is 2.68 bits per heavy atom. The van der Waals surface area contributed by atoms with Gasteiger partial charge >= 0.3 is 0 Å². The van der Waals surface area contributed by atoms with Crippen LogP contribution in [0.1, 0.15) is 40.6 Å². The first-order valence-corrected chi connectivity index (χ1v) is 8.53. The largest absolute Gasteiger partial charge is 0.440 e. The number of carbonyl (C=O) groups excluding carboxylic acids is 1. The lowest BCUT2D eigenvalue weighted by atomic mass is 9.96. The fourth-order valence-corrected chi connectivity index (χ4v) is 3.30. The van der Waals surface area contributed by atoms with Crippen molar-refractivity contribution in [3.63, 3.8) is 0 Å². The van der Waals surface area contributed by atoms with Crippen LogP contribution in [0.4, 0.5) is 4.39 Å². The number of fused-ring (bicyclic) bond motifs is 1. The summed E-state index contributed by atoms with van der Waals surface area (Å²) in [5.41, 5.74) is 2.62. The molecule has 1 aromatic heterocycles. The van der Waals surface area contributed by atoms with Gasteiger partial charge in [-0.05, 0) is 49.6 Å². The van der Waals surface area contributed by atoms with Crippen LogP contribution in [-0.2, 0) is 0 Å². The highest BCUT2D eigenvalue weighted by Gasteiger charge is 2.27. The topological polar surface area (TPSA) is 46.3 Å². The van der Waals surface area contributed by atoms with E-state index < -0.39 is 0 Å². The Hall–Kier alpha value is -2.69. The van der Waals surface area contributed by atoms with Crippen LogP contribution in [-0.4, -0.2) is 28.9 Å². The fraction of sp³-hybridized carbons (Fsp3) is 0.300. The quantitative estimate of drug-likeness (QED) is 0.700. The van der Waals surface area contributed by atoms with Crippen LogP contribution in [0.15, 0.2) is 46.9 Å². The highest BCUT2D eigenvalue weighted by molar-refractivity contribution is 5.94. The Labute approximate surface area is 145 Å². The minimum Gasteiger partial charge on any atom is -0.440 e. The molecule has 2 aromatic carbocycles. The van der Waals surface area contributed by atoms with E-state index in [1.54, 1.807) is 24.0 Å². The van der Waals surface area contributed by atoms with Crippen molar-refractivity contribution in [3.8, 4) is 0 Å². The van der Waals surface area contributed by atoms with Gasteiger partial charge in [-0.1, -0.05) is 18.2 Å². The van der Waals surface area contributed by atoms with E-state index in [-0.39, 0.29) is 17.6 Å². The first-order chi connectivity index (χ1) is 12.1. The van der Waals surface area contributed by atoms with Gasteiger partial charge in [0, 0.05) is 24.6 Å². The summed E-state index contributed by atoms with van der Waals surface area (Å²) in [5, 5.41) is 0. The molecule has 0 spiro atoms. The molecule has 128 valence electrons. The van der Waals surface area contributed by atoms with Crippen LogP contribution >= 0.6 is 0 Å². The predicted molar refractivity (Wildman–Crippen MR) is 93.0 cm³/mol. The standard InChI is InChI=1S/C20H19FN2O2/c1-13-6-7-15(12-16(13)21)20(24)23-10-8-14(9-11-23)19-22-17-4-2-3-5-18(17)25-19/h2-7,12,14H,8-11H2,1H3. The molecule has 0 atom stereocenters. The lowest BCUT2D eigenvalue weighted by Crippen LogP contribution is -2.38. The Morgan fingerprint density at radius 1 is 1.20 bits per heavy atom. The van der Waals surface area contributed by atoms with E-state index in [0.29, 0.717) is 24.2 Å². The number of oxazole rings is 1. The van der Waals surface area contributed by atoms with Gasteiger partial charge in [0.1, 0.15) is 11.3 Å². The van der Waals surface area contributed by atoms with Gasteiger partial charge in [0.25, 0.3) is 5.91 Å². The number of hydrogen-bond acceptors (Lipinski definition) is 3. The zero-order valence-electron chi connectivity index (χ0n) is 14.0. The van der Waals surface area contributed by atoms with Gasteiger partial charge < -0.3 is 9.32 Å². The number of aryl methyl sites for hydroxylation is 1. The number of amides is 1. The van der Waals surface area contributed by atoms with Crippen LogP contribution < -0.4 is 0 Å². The number of nitrogens with zero attached hydrogens (tertiary/aromatic N) is 2. The van der Waals surface area contributed by atoms with Crippen molar-refractivity contribution < 1.29 is 13.6 Å². The summed E-state index contributed by atoms with van der Waals surface area (Å²) in [7, 11) is 0. The van der Waals surface area contributed by atoms with Crippen molar-refractivity contribution in [1.29, 1.82) is 0 Å². The van der Waals surface area contributed by atoms with E-state index >= 15 is 0 Å². The van der Waals surface area contributed by atoms with Gasteiger partial charge in [-0.25, -0.2) is 9.37 Å². The van der Waals surface area contributed by atoms with Crippen LogP contribution in [0.25, 0.3) is 11.1 Å². The zero-order chi connectivity index (χ0) is 17.4. The third kappa shape index (κ3) is 3.02. The minimum absolute atomic E-state index is 0.116. The maximum atomic E-state index is 13.7. The number of benzene rings is 2. The lowest BCUT2D eigenvalue weighted by Gasteiger charge is -2.30. The molecule has 0 unspecified atom stereocenters. The van der Waals surface area contributed by atoms with E-state index in [2.05, 4.69) is 4.98 Å². The number of halogens is 1. The summed E-state index contributed by atoms with van der Waals surface area (Å²) >= 11 is 0. The molecular formula is C20H19FN2O2. The van der Waals surface area contributed by atoms with Crippen molar-refractivity contribution in [2.45, 2.75) is 25.7 Å². The van der Waals surface area contributed by atoms with Gasteiger partial charge in [-0.2, -0.15) is 0 Å². The van der Waals surface area contributed by atoms with E-state index in [4.69, 9.17) is 4.42 Å². The molecule has 1 aliphatic heterocycles. The summed E-state index contributed by atoms with van der Waals surface area (Å²) in [5.74, 6) is 0.503. The average molecular weight is 338 g/mol. The molecule has 1 amide bonds. The van der Waals surface area contributed by atoms with Crippen molar-refractivity contribution in [2.75, 3.05) is 13.1 Å². The summed E-state index contributed by atoms with van der Waals surface area (Å²) in [6, 6.07) is 12.4. The highest BCUT2D eigenvalue weighted by atomic mass is 19.1. The lowest BCUT2D eigenvalue weighted by molar-refractivity contribution is 0.0706. The molecule has 4 nitrogen and oxygen atoms in total. The molecule has 0 aliphatic carbocycles. The first kappa shape index (κ1) is 15.8. The Kier molecular flexibility index (Phi) is 3.99. The molecule has 3 aromatic rings. The number of hydrogen-bond donors (Lipinski definition) is 0. The van der Waals surface area contributed by atoms with Crippen LogP contribution in [0.5, 0.6) is 0 Å². The fourth-order valence-electron chi connectivity index (χ4n) is 3.30. The molecule has 0 bridgehead atoms. The molecule has 2 heterocycles. The van der Waals surface area contributed by atoms with Gasteiger partial charge in [0.15, 0.2) is 11.5 Å². The smallest absolute Gasteiger partial charge is 0.253 e. The third-order valence-corrected chi connectivity index (χ3v) is 4.86. The molecule has 4 rings (SSSR count). The second-order valence-corrected chi connectivity index (χ2v) is 6.55. The number of likely N-dealkylation sites (tertiary alicyclic amines) is 1. The summed E-state index contributed by atoms with van der Waals surface area (Å²) in [6.45, 7) is 2.94. The Morgan fingerprint density at radius 2 is 1.96 bits per heavy atom. The number of para-hydroxylation sites is 2. The van der Waals surface area contributed by atoms with Gasteiger partial charge in [-0.3, -0.25) is 4.79 Å². The van der Waals surface area contributed by atoms with E-state index in [1.165, 1.54) is 6.07 Å². The second-order valence-electron chi connectivity index (χ2n) is 6.55. The molecule has 0 saturated carbocycles. The number of aromatic nitrogens is 1. The maximum Gasteiger partial charge on any atom is 0.253 e. The van der Waals surface area contributed by atoms with Crippen molar-refractivity contribution in [1.82, 2.24) is 9.88 Å². The van der Waals surface area contributed by atoms with Gasteiger partial charge in [-0.15, -0.1) is 0 Å². The average Bonchev–Trinajstić information content (AvgIpc) is 3.08. The Bertz CT molecular complexity index is 893. The highest BCUT2D eigenvalue weighted by Crippen LogP contribution is 2.30. The second kappa shape index (κ2) is 6.31. The van der Waals surface area contributed by atoms with E-state index in [0.717, 1.165) is 29.8 Å². The summed E-state index contributed by atoms with van der Waals surface area (Å²) < 4.78 is 19.6. The molecule has 1 saturated heterocycles. The SMILES string of the molecule is Cc1ccc(C(=O)N2CCC(c3nc4ccccc4o3)CC2)cc1F. The number of piperidine rings is 1. The molecular weight excluding hydrogens is 319 g/mol. The summed E-state index contributed by atoms with van der Waals surface area (Å²) in [4.78, 5) is 18.9. The van der Waals surface area contributed by atoms with E-state index in [9.17, 15) is 9.18 Å². The van der Waals surface area contributed by atoms with Gasteiger partial charge in [0.2, 0.25) is 0 Å². The molecule has 0 N–H and O–H groups in total. The van der Waals surface area contributed by atoms with Crippen LogP contribution in [0.2, 0.25) is 0 Å². The first-order valence-electron chi connectivity index (χ1n) is 8.53.